The molecule has 0 radical (unpaired) electrons. The van der Waals surface area contributed by atoms with Crippen LogP contribution >= 0.6 is 0 Å². The van der Waals surface area contributed by atoms with Gasteiger partial charge in [-0.2, -0.15) is 0 Å². The number of hydrogen-bond donors (Lipinski definition) is 1. The minimum atomic E-state index is -0.899. The second-order valence-corrected chi connectivity index (χ2v) is 5.67. The highest BCUT2D eigenvalue weighted by molar-refractivity contribution is 5.96. The van der Waals surface area contributed by atoms with Gasteiger partial charge in [-0.25, -0.2) is 0 Å². The van der Waals surface area contributed by atoms with Crippen molar-refractivity contribution in [1.82, 2.24) is 4.90 Å². The minimum absolute atomic E-state index is 0.0417. The van der Waals surface area contributed by atoms with Gasteiger partial charge < -0.3 is 10.0 Å². The van der Waals surface area contributed by atoms with Gasteiger partial charge in [0.05, 0.1) is 6.42 Å². The summed E-state index contributed by atoms with van der Waals surface area (Å²) in [5.41, 5.74) is 1.49. The van der Waals surface area contributed by atoms with Gasteiger partial charge in [-0.05, 0) is 17.0 Å². The third-order valence-electron chi connectivity index (χ3n) is 2.97. The zero-order valence-electron chi connectivity index (χ0n) is 11.9. The maximum atomic E-state index is 12.4. The highest BCUT2D eigenvalue weighted by Crippen LogP contribution is 2.26. The van der Waals surface area contributed by atoms with E-state index in [2.05, 4.69) is 20.8 Å². The van der Waals surface area contributed by atoms with Crippen molar-refractivity contribution in [1.29, 1.82) is 0 Å². The maximum absolute atomic E-state index is 12.4. The number of aliphatic carboxylic acids is 1. The average molecular weight is 263 g/mol. The number of nitrogens with zero attached hydrogens (tertiary/aromatic N) is 1. The van der Waals surface area contributed by atoms with Gasteiger partial charge in [-0.3, -0.25) is 9.59 Å². The summed E-state index contributed by atoms with van der Waals surface area (Å²) in [6, 6.07) is 7.47. The van der Waals surface area contributed by atoms with Crippen LogP contribution < -0.4 is 0 Å². The zero-order chi connectivity index (χ0) is 14.6. The molecule has 0 bridgehead atoms. The molecule has 104 valence electrons. The van der Waals surface area contributed by atoms with Gasteiger partial charge in [0.15, 0.2) is 0 Å². The van der Waals surface area contributed by atoms with E-state index >= 15 is 0 Å². The maximum Gasteiger partial charge on any atom is 0.305 e. The van der Waals surface area contributed by atoms with E-state index in [4.69, 9.17) is 5.11 Å². The minimum Gasteiger partial charge on any atom is -0.481 e. The molecule has 0 saturated carbocycles. The molecule has 0 aliphatic carbocycles. The lowest BCUT2D eigenvalue weighted by atomic mass is 9.83. The van der Waals surface area contributed by atoms with Gasteiger partial charge >= 0.3 is 5.97 Å². The van der Waals surface area contributed by atoms with Gasteiger partial charge in [0, 0.05) is 19.2 Å². The summed E-state index contributed by atoms with van der Waals surface area (Å²) in [6.45, 7) is 6.37. The van der Waals surface area contributed by atoms with E-state index in [1.165, 1.54) is 4.90 Å². The Balaban J connectivity index is 2.97. The lowest BCUT2D eigenvalue weighted by Gasteiger charge is -2.25. The lowest BCUT2D eigenvalue weighted by molar-refractivity contribution is -0.137. The predicted octanol–water partition coefficient (Wildman–Crippen LogP) is 2.53. The molecule has 1 amide bonds. The van der Waals surface area contributed by atoms with E-state index in [1.807, 2.05) is 18.2 Å². The van der Waals surface area contributed by atoms with Crippen LogP contribution in [0.25, 0.3) is 0 Å². The summed E-state index contributed by atoms with van der Waals surface area (Å²) < 4.78 is 0. The number of carbonyl (C=O) groups excluding carboxylic acids is 1. The Morgan fingerprint density at radius 2 is 1.79 bits per heavy atom. The number of carboxylic acids is 1. The number of rotatable bonds is 4. The molecule has 1 aromatic rings. The van der Waals surface area contributed by atoms with Gasteiger partial charge in [0.2, 0.25) is 0 Å². The Labute approximate surface area is 114 Å². The molecule has 0 atom stereocenters. The van der Waals surface area contributed by atoms with Crippen molar-refractivity contribution in [2.45, 2.75) is 32.6 Å². The Morgan fingerprint density at radius 1 is 1.21 bits per heavy atom. The third-order valence-corrected chi connectivity index (χ3v) is 2.97. The molecule has 1 rings (SSSR count). The highest BCUT2D eigenvalue weighted by Gasteiger charge is 2.23. The number of benzene rings is 1. The molecule has 4 heteroatoms. The van der Waals surface area contributed by atoms with E-state index in [0.717, 1.165) is 5.56 Å². The normalized spacial score (nSPS) is 11.2. The molecule has 0 saturated heterocycles. The van der Waals surface area contributed by atoms with Crippen molar-refractivity contribution in [2.24, 2.45) is 0 Å². The molecule has 4 nitrogen and oxygen atoms in total. The molecule has 0 spiro atoms. The fourth-order valence-electron chi connectivity index (χ4n) is 1.89. The molecule has 0 aliphatic rings. The van der Waals surface area contributed by atoms with Crippen LogP contribution in [0.5, 0.6) is 0 Å². The van der Waals surface area contributed by atoms with Crippen molar-refractivity contribution in [2.75, 3.05) is 13.6 Å². The molecule has 0 aliphatic heterocycles. The second kappa shape index (κ2) is 5.87. The van der Waals surface area contributed by atoms with Crippen molar-refractivity contribution in [3.63, 3.8) is 0 Å². The fraction of sp³-hybridized carbons (Fsp3) is 0.467. The lowest BCUT2D eigenvalue weighted by Crippen LogP contribution is -2.31. The first kappa shape index (κ1) is 15.2. The van der Waals surface area contributed by atoms with Crippen LogP contribution in [-0.2, 0) is 10.2 Å². The van der Waals surface area contributed by atoms with Crippen molar-refractivity contribution < 1.29 is 14.7 Å². The zero-order valence-corrected chi connectivity index (χ0v) is 11.9. The van der Waals surface area contributed by atoms with E-state index in [1.54, 1.807) is 13.1 Å². The first-order valence-corrected chi connectivity index (χ1v) is 6.30. The van der Waals surface area contributed by atoms with Crippen LogP contribution in [0.15, 0.2) is 24.3 Å². The average Bonchev–Trinajstić information content (AvgIpc) is 2.34. The largest absolute Gasteiger partial charge is 0.481 e. The summed E-state index contributed by atoms with van der Waals surface area (Å²) >= 11 is 0. The molecule has 0 heterocycles. The van der Waals surface area contributed by atoms with E-state index in [-0.39, 0.29) is 24.3 Å². The van der Waals surface area contributed by atoms with Crippen molar-refractivity contribution in [3.05, 3.63) is 35.4 Å². The van der Waals surface area contributed by atoms with Crippen LogP contribution in [-0.4, -0.2) is 35.5 Å². The SMILES string of the molecule is CN(CCC(=O)O)C(=O)c1ccccc1C(C)(C)C. The molecule has 0 aromatic heterocycles. The molecule has 19 heavy (non-hydrogen) atoms. The van der Waals surface area contributed by atoms with Gasteiger partial charge in [0.25, 0.3) is 5.91 Å². The van der Waals surface area contributed by atoms with Crippen molar-refractivity contribution in [3.8, 4) is 0 Å². The predicted molar refractivity (Wildman–Crippen MR) is 74.4 cm³/mol. The smallest absolute Gasteiger partial charge is 0.305 e. The Hall–Kier alpha value is -1.84. The molecular weight excluding hydrogens is 242 g/mol. The van der Waals surface area contributed by atoms with Gasteiger partial charge in [0.1, 0.15) is 0 Å². The first-order chi connectivity index (χ1) is 8.73. The monoisotopic (exact) mass is 263 g/mol. The second-order valence-electron chi connectivity index (χ2n) is 5.67. The Kier molecular flexibility index (Phi) is 4.70. The van der Waals surface area contributed by atoms with Crippen molar-refractivity contribution >= 4 is 11.9 Å². The fourth-order valence-corrected chi connectivity index (χ4v) is 1.89. The number of carboxylic acid groups (broad SMARTS) is 1. The van der Waals surface area contributed by atoms with Crippen LogP contribution in [0.1, 0.15) is 43.1 Å². The van der Waals surface area contributed by atoms with E-state index in [0.29, 0.717) is 5.56 Å². The first-order valence-electron chi connectivity index (χ1n) is 6.30. The third kappa shape index (κ3) is 4.09. The van der Waals surface area contributed by atoms with E-state index < -0.39 is 5.97 Å². The van der Waals surface area contributed by atoms with Crippen LogP contribution in [0, 0.1) is 0 Å². The Morgan fingerprint density at radius 3 is 2.32 bits per heavy atom. The topological polar surface area (TPSA) is 57.6 Å². The van der Waals surface area contributed by atoms with Gasteiger partial charge in [-0.15, -0.1) is 0 Å². The summed E-state index contributed by atoms with van der Waals surface area (Å²) in [5, 5.41) is 8.66. The Bertz CT molecular complexity index is 475. The molecule has 1 aromatic carbocycles. The summed E-state index contributed by atoms with van der Waals surface area (Å²) in [7, 11) is 1.63. The highest BCUT2D eigenvalue weighted by atomic mass is 16.4. The van der Waals surface area contributed by atoms with E-state index in [9.17, 15) is 9.59 Å². The van der Waals surface area contributed by atoms with Crippen LogP contribution in [0.4, 0.5) is 0 Å². The number of amides is 1. The molecule has 1 N–H and O–H groups in total. The number of hydrogen-bond acceptors (Lipinski definition) is 2. The van der Waals surface area contributed by atoms with Crippen LogP contribution in [0.2, 0.25) is 0 Å². The van der Waals surface area contributed by atoms with Crippen LogP contribution in [0.3, 0.4) is 0 Å². The molecule has 0 unspecified atom stereocenters. The number of carbonyl (C=O) groups is 2. The summed E-state index contributed by atoms with van der Waals surface area (Å²) in [5.74, 6) is -1.03. The summed E-state index contributed by atoms with van der Waals surface area (Å²) in [6.07, 6.45) is -0.0417. The molecular formula is C15H21NO3. The summed E-state index contributed by atoms with van der Waals surface area (Å²) in [4.78, 5) is 24.4. The standard InChI is InChI=1S/C15H21NO3/c1-15(2,3)12-8-6-5-7-11(12)14(19)16(4)10-9-13(17)18/h5-8H,9-10H2,1-4H3,(H,17,18). The van der Waals surface area contributed by atoms with Gasteiger partial charge in [-0.1, -0.05) is 39.0 Å². The quantitative estimate of drug-likeness (QED) is 0.908. The molecule has 0 fully saturated rings.